The van der Waals surface area contributed by atoms with Crippen LogP contribution in [0.3, 0.4) is 0 Å². The summed E-state index contributed by atoms with van der Waals surface area (Å²) in [5.41, 5.74) is 8.67. The van der Waals surface area contributed by atoms with Gasteiger partial charge >= 0.3 is 0 Å². The van der Waals surface area contributed by atoms with Crippen molar-refractivity contribution < 1.29 is 0 Å². The van der Waals surface area contributed by atoms with Gasteiger partial charge in [-0.15, -0.1) is 0 Å². The van der Waals surface area contributed by atoms with E-state index in [4.69, 9.17) is 33.9 Å². The second-order valence-corrected chi connectivity index (χ2v) is 5.83. The molecule has 1 unspecified atom stereocenters. The normalized spacial score (nSPS) is 12.8. The van der Waals surface area contributed by atoms with E-state index in [0.29, 0.717) is 16.6 Å². The summed E-state index contributed by atoms with van der Waals surface area (Å²) in [4.78, 5) is 4.72. The molecule has 1 atom stereocenters. The van der Waals surface area contributed by atoms with E-state index in [-0.39, 0.29) is 6.04 Å². The molecule has 0 saturated heterocycles. The van der Waals surface area contributed by atoms with Crippen LogP contribution in [0.15, 0.2) is 42.5 Å². The number of hydrogen-bond donors (Lipinski definition) is 1. The molecule has 5 heteroatoms. The molecule has 0 amide bonds. The zero-order valence-corrected chi connectivity index (χ0v) is 13.1. The van der Waals surface area contributed by atoms with Crippen molar-refractivity contribution in [3.05, 3.63) is 52.5 Å². The van der Waals surface area contributed by atoms with Gasteiger partial charge in [0.05, 0.1) is 21.1 Å². The van der Waals surface area contributed by atoms with Gasteiger partial charge in [0.2, 0.25) is 0 Å². The van der Waals surface area contributed by atoms with E-state index < -0.39 is 0 Å². The van der Waals surface area contributed by atoms with E-state index >= 15 is 0 Å². The van der Waals surface area contributed by atoms with E-state index in [1.165, 1.54) is 0 Å². The maximum absolute atomic E-state index is 6.16. The molecule has 0 fully saturated rings. The van der Waals surface area contributed by atoms with E-state index in [2.05, 4.69) is 11.5 Å². The topological polar surface area (TPSA) is 43.8 Å². The summed E-state index contributed by atoms with van der Waals surface area (Å²) in [6.07, 6.45) is 0. The standard InChI is InChI=1S/C16H15Cl2N3/c1-10(9-19)21-15-8-13(18)12(17)7-14(15)20-16(21)11-5-3-2-4-6-11/h2-8,10H,9,19H2,1H3. The van der Waals surface area contributed by atoms with Crippen molar-refractivity contribution in [1.82, 2.24) is 9.55 Å². The lowest BCUT2D eigenvalue weighted by molar-refractivity contribution is 0.579. The molecule has 3 aromatic rings. The van der Waals surface area contributed by atoms with Crippen LogP contribution in [0.1, 0.15) is 13.0 Å². The Morgan fingerprint density at radius 2 is 1.81 bits per heavy atom. The number of rotatable bonds is 3. The largest absolute Gasteiger partial charge is 0.328 e. The fraction of sp³-hybridized carbons (Fsp3) is 0.188. The number of imidazole rings is 1. The summed E-state index contributed by atoms with van der Waals surface area (Å²) < 4.78 is 2.12. The van der Waals surface area contributed by atoms with E-state index in [1.807, 2.05) is 36.4 Å². The Kier molecular flexibility index (Phi) is 3.89. The molecule has 0 radical (unpaired) electrons. The second kappa shape index (κ2) is 5.68. The molecule has 0 spiro atoms. The molecule has 108 valence electrons. The fourth-order valence-electron chi connectivity index (χ4n) is 2.43. The minimum atomic E-state index is 0.113. The van der Waals surface area contributed by atoms with E-state index in [0.717, 1.165) is 22.4 Å². The van der Waals surface area contributed by atoms with Crippen LogP contribution < -0.4 is 5.73 Å². The SMILES string of the molecule is CC(CN)n1c(-c2ccccc2)nc2cc(Cl)c(Cl)cc21. The number of benzene rings is 2. The Labute approximate surface area is 133 Å². The van der Waals surface area contributed by atoms with Gasteiger partial charge in [0, 0.05) is 18.2 Å². The first kappa shape index (κ1) is 14.4. The van der Waals surface area contributed by atoms with Gasteiger partial charge in [-0.25, -0.2) is 4.98 Å². The Morgan fingerprint density at radius 3 is 2.48 bits per heavy atom. The van der Waals surface area contributed by atoms with Crippen molar-refractivity contribution in [2.45, 2.75) is 13.0 Å². The predicted octanol–water partition coefficient (Wildman–Crippen LogP) is 4.53. The highest BCUT2D eigenvalue weighted by Crippen LogP contribution is 2.33. The van der Waals surface area contributed by atoms with E-state index in [9.17, 15) is 0 Å². The Morgan fingerprint density at radius 1 is 1.14 bits per heavy atom. The Balaban J connectivity index is 2.33. The monoisotopic (exact) mass is 319 g/mol. The quantitative estimate of drug-likeness (QED) is 0.770. The highest BCUT2D eigenvalue weighted by atomic mass is 35.5. The molecular weight excluding hydrogens is 305 g/mol. The van der Waals surface area contributed by atoms with Crippen LogP contribution in [0.25, 0.3) is 22.4 Å². The molecule has 1 heterocycles. The number of nitrogens with zero attached hydrogens (tertiary/aromatic N) is 2. The van der Waals surface area contributed by atoms with Gasteiger partial charge in [-0.2, -0.15) is 0 Å². The van der Waals surface area contributed by atoms with Crippen molar-refractivity contribution in [3.8, 4) is 11.4 Å². The molecule has 3 rings (SSSR count). The number of hydrogen-bond acceptors (Lipinski definition) is 2. The third-order valence-electron chi connectivity index (χ3n) is 3.55. The number of aromatic nitrogens is 2. The van der Waals surface area contributed by atoms with Crippen LogP contribution in [0.5, 0.6) is 0 Å². The Hall–Kier alpha value is -1.55. The van der Waals surface area contributed by atoms with Crippen LogP contribution >= 0.6 is 23.2 Å². The molecule has 0 aliphatic rings. The van der Waals surface area contributed by atoms with Gasteiger partial charge in [-0.3, -0.25) is 0 Å². The van der Waals surface area contributed by atoms with Crippen molar-refractivity contribution in [3.63, 3.8) is 0 Å². The lowest BCUT2D eigenvalue weighted by Gasteiger charge is -2.16. The van der Waals surface area contributed by atoms with Gasteiger partial charge in [-0.05, 0) is 19.1 Å². The summed E-state index contributed by atoms with van der Waals surface area (Å²) >= 11 is 12.3. The highest BCUT2D eigenvalue weighted by Gasteiger charge is 2.17. The highest BCUT2D eigenvalue weighted by molar-refractivity contribution is 6.42. The lowest BCUT2D eigenvalue weighted by atomic mass is 10.2. The first-order valence-corrected chi connectivity index (χ1v) is 7.50. The van der Waals surface area contributed by atoms with Gasteiger partial charge in [0.25, 0.3) is 0 Å². The molecule has 2 aromatic carbocycles. The van der Waals surface area contributed by atoms with Crippen LogP contribution in [-0.2, 0) is 0 Å². The predicted molar refractivity (Wildman–Crippen MR) is 89.0 cm³/mol. The van der Waals surface area contributed by atoms with Crippen molar-refractivity contribution in [2.75, 3.05) is 6.54 Å². The fourth-order valence-corrected chi connectivity index (χ4v) is 2.75. The zero-order valence-electron chi connectivity index (χ0n) is 11.6. The minimum absolute atomic E-state index is 0.113. The van der Waals surface area contributed by atoms with Gasteiger partial charge in [-0.1, -0.05) is 53.5 Å². The summed E-state index contributed by atoms with van der Waals surface area (Å²) in [6.45, 7) is 2.58. The average Bonchev–Trinajstić information content (AvgIpc) is 2.86. The van der Waals surface area contributed by atoms with Crippen LogP contribution in [0, 0.1) is 0 Å². The van der Waals surface area contributed by atoms with Crippen molar-refractivity contribution in [1.29, 1.82) is 0 Å². The maximum Gasteiger partial charge on any atom is 0.141 e. The number of fused-ring (bicyclic) bond motifs is 1. The lowest BCUT2D eigenvalue weighted by Crippen LogP contribution is -2.16. The second-order valence-electron chi connectivity index (χ2n) is 5.01. The third-order valence-corrected chi connectivity index (χ3v) is 4.27. The zero-order chi connectivity index (χ0) is 15.0. The summed E-state index contributed by atoms with van der Waals surface area (Å²) in [7, 11) is 0. The van der Waals surface area contributed by atoms with E-state index in [1.54, 1.807) is 6.07 Å². The summed E-state index contributed by atoms with van der Waals surface area (Å²) in [6, 6.07) is 13.8. The van der Waals surface area contributed by atoms with Gasteiger partial charge < -0.3 is 10.3 Å². The Bertz CT molecular complexity index is 781. The summed E-state index contributed by atoms with van der Waals surface area (Å²) in [5.74, 6) is 0.877. The van der Waals surface area contributed by atoms with Crippen molar-refractivity contribution in [2.24, 2.45) is 5.73 Å². The van der Waals surface area contributed by atoms with Crippen LogP contribution in [0.2, 0.25) is 10.0 Å². The molecule has 2 N–H and O–H groups in total. The smallest absolute Gasteiger partial charge is 0.141 e. The minimum Gasteiger partial charge on any atom is -0.328 e. The van der Waals surface area contributed by atoms with Gasteiger partial charge in [0.15, 0.2) is 0 Å². The molecule has 21 heavy (non-hydrogen) atoms. The molecule has 1 aromatic heterocycles. The molecule has 0 bridgehead atoms. The third kappa shape index (κ3) is 2.53. The van der Waals surface area contributed by atoms with Crippen LogP contribution in [-0.4, -0.2) is 16.1 Å². The number of halogens is 2. The maximum atomic E-state index is 6.16. The molecule has 0 aliphatic carbocycles. The van der Waals surface area contributed by atoms with Crippen LogP contribution in [0.4, 0.5) is 0 Å². The first-order chi connectivity index (χ1) is 10.1. The number of nitrogens with two attached hydrogens (primary N) is 1. The first-order valence-electron chi connectivity index (χ1n) is 6.74. The molecule has 0 saturated carbocycles. The molecular formula is C16H15Cl2N3. The van der Waals surface area contributed by atoms with Crippen molar-refractivity contribution >= 4 is 34.2 Å². The van der Waals surface area contributed by atoms with Gasteiger partial charge in [0.1, 0.15) is 5.82 Å². The average molecular weight is 320 g/mol. The molecule has 3 nitrogen and oxygen atoms in total. The molecule has 0 aliphatic heterocycles. The summed E-state index contributed by atoms with van der Waals surface area (Å²) in [5, 5.41) is 1.03.